The molecule has 0 fully saturated rings. The van der Waals surface area contributed by atoms with Gasteiger partial charge in [0.15, 0.2) is 0 Å². The average molecular weight is 348 g/mol. The van der Waals surface area contributed by atoms with Crippen molar-refractivity contribution in [2.75, 3.05) is 19.8 Å². The maximum Gasteiger partial charge on any atom is 0.335 e. The smallest absolute Gasteiger partial charge is 0.335 e. The highest BCUT2D eigenvalue weighted by atomic mass is 16.6. The number of allylic oxidation sites excluding steroid dienone is 1. The molecule has 0 spiro atoms. The summed E-state index contributed by atoms with van der Waals surface area (Å²) in [6.07, 6.45) is 3.07. The lowest BCUT2D eigenvalue weighted by Crippen LogP contribution is -2.49. The monoisotopic (exact) mass is 348 g/mol. The average Bonchev–Trinajstić information content (AvgIpc) is 2.60. The van der Waals surface area contributed by atoms with Crippen LogP contribution in [0.3, 0.4) is 0 Å². The Morgan fingerprint density at radius 1 is 0.840 bits per heavy atom. The van der Waals surface area contributed by atoms with E-state index in [4.69, 9.17) is 14.2 Å². The molecule has 0 aromatic heterocycles. The van der Waals surface area contributed by atoms with Gasteiger partial charge in [0.1, 0.15) is 0 Å². The third kappa shape index (κ3) is 5.17. The number of rotatable bonds is 9. The second-order valence-corrected chi connectivity index (χ2v) is 5.08. The predicted molar refractivity (Wildman–Crippen MR) is 92.4 cm³/mol. The lowest BCUT2D eigenvalue weighted by molar-refractivity contribution is -0.183. The Bertz CT molecular complexity index is 560. The van der Waals surface area contributed by atoms with Gasteiger partial charge >= 0.3 is 17.9 Å². The molecule has 1 aromatic rings. The van der Waals surface area contributed by atoms with Gasteiger partial charge in [-0.2, -0.15) is 0 Å². The van der Waals surface area contributed by atoms with Crippen LogP contribution in [0.5, 0.6) is 0 Å². The van der Waals surface area contributed by atoms with Crippen LogP contribution in [0.25, 0.3) is 6.08 Å². The van der Waals surface area contributed by atoms with Crippen molar-refractivity contribution < 1.29 is 28.6 Å². The zero-order chi connectivity index (χ0) is 18.7. The van der Waals surface area contributed by atoms with Crippen molar-refractivity contribution in [1.82, 2.24) is 0 Å². The third-order valence-corrected chi connectivity index (χ3v) is 3.41. The zero-order valence-electron chi connectivity index (χ0n) is 14.8. The van der Waals surface area contributed by atoms with Gasteiger partial charge in [0.25, 0.3) is 5.41 Å². The summed E-state index contributed by atoms with van der Waals surface area (Å²) in [6, 6.07) is 9.30. The minimum Gasteiger partial charge on any atom is -0.465 e. The summed E-state index contributed by atoms with van der Waals surface area (Å²) in [7, 11) is 0. The van der Waals surface area contributed by atoms with Crippen LogP contribution in [0.2, 0.25) is 0 Å². The molecule has 0 N–H and O–H groups in total. The van der Waals surface area contributed by atoms with Crippen molar-refractivity contribution in [3.8, 4) is 0 Å². The van der Waals surface area contributed by atoms with Gasteiger partial charge in [0.2, 0.25) is 0 Å². The van der Waals surface area contributed by atoms with E-state index in [-0.39, 0.29) is 26.2 Å². The Kier molecular flexibility index (Phi) is 8.39. The van der Waals surface area contributed by atoms with Gasteiger partial charge in [0.05, 0.1) is 19.8 Å². The van der Waals surface area contributed by atoms with Crippen LogP contribution in [-0.2, 0) is 28.6 Å². The Balaban J connectivity index is 3.21. The fraction of sp³-hybridized carbons (Fsp3) is 0.421. The Morgan fingerprint density at radius 3 is 1.68 bits per heavy atom. The minimum atomic E-state index is -2.16. The fourth-order valence-electron chi connectivity index (χ4n) is 2.20. The van der Waals surface area contributed by atoms with Gasteiger partial charge in [0, 0.05) is 6.42 Å². The summed E-state index contributed by atoms with van der Waals surface area (Å²) in [5, 5.41) is 0. The molecule has 0 radical (unpaired) electrons. The molecule has 0 aliphatic rings. The van der Waals surface area contributed by atoms with E-state index < -0.39 is 23.3 Å². The number of hydrogen-bond acceptors (Lipinski definition) is 6. The number of ether oxygens (including phenoxy) is 3. The molecule has 0 bridgehead atoms. The molecule has 0 saturated carbocycles. The maximum atomic E-state index is 12.5. The van der Waals surface area contributed by atoms with Crippen LogP contribution in [0, 0.1) is 5.41 Å². The van der Waals surface area contributed by atoms with E-state index in [0.29, 0.717) is 0 Å². The van der Waals surface area contributed by atoms with Gasteiger partial charge < -0.3 is 14.2 Å². The SMILES string of the molecule is CCOC(=O)C(C/C=C/c1ccccc1)(C(=O)OCC)C(=O)OCC. The largest absolute Gasteiger partial charge is 0.465 e. The van der Waals surface area contributed by atoms with Crippen molar-refractivity contribution in [2.45, 2.75) is 27.2 Å². The summed E-state index contributed by atoms with van der Waals surface area (Å²) >= 11 is 0. The molecule has 136 valence electrons. The summed E-state index contributed by atoms with van der Waals surface area (Å²) in [5.74, 6) is -2.90. The highest BCUT2D eigenvalue weighted by Gasteiger charge is 2.56. The molecule has 0 heterocycles. The molecule has 0 atom stereocenters. The van der Waals surface area contributed by atoms with Crippen molar-refractivity contribution in [2.24, 2.45) is 5.41 Å². The molecule has 6 nitrogen and oxygen atoms in total. The number of benzene rings is 1. The zero-order valence-corrected chi connectivity index (χ0v) is 14.8. The number of carbonyl (C=O) groups excluding carboxylic acids is 3. The molecule has 1 aromatic carbocycles. The molecule has 0 saturated heterocycles. The minimum absolute atomic E-state index is 0.0296. The van der Waals surface area contributed by atoms with Crippen molar-refractivity contribution in [1.29, 1.82) is 0 Å². The van der Waals surface area contributed by atoms with Crippen LogP contribution < -0.4 is 0 Å². The Hall–Kier alpha value is -2.63. The first-order valence-electron chi connectivity index (χ1n) is 8.26. The molecule has 25 heavy (non-hydrogen) atoms. The first-order valence-corrected chi connectivity index (χ1v) is 8.26. The summed E-state index contributed by atoms with van der Waals surface area (Å²) in [5.41, 5.74) is -1.29. The molecule has 1 rings (SSSR count). The summed E-state index contributed by atoms with van der Waals surface area (Å²) < 4.78 is 14.9. The standard InChI is InChI=1S/C19H24O6/c1-4-23-16(20)19(17(21)24-5-2,18(22)25-6-3)14-10-13-15-11-8-7-9-12-15/h7-13H,4-6,14H2,1-3H3/b13-10+. The van der Waals surface area contributed by atoms with Gasteiger partial charge in [-0.1, -0.05) is 42.5 Å². The van der Waals surface area contributed by atoms with Gasteiger partial charge in [-0.3, -0.25) is 14.4 Å². The topological polar surface area (TPSA) is 78.9 Å². The number of hydrogen-bond donors (Lipinski definition) is 0. The van der Waals surface area contributed by atoms with E-state index in [1.54, 1.807) is 32.9 Å². The van der Waals surface area contributed by atoms with E-state index in [9.17, 15) is 14.4 Å². The highest BCUT2D eigenvalue weighted by molar-refractivity contribution is 6.18. The Labute approximate surface area is 147 Å². The van der Waals surface area contributed by atoms with Crippen LogP contribution in [0.15, 0.2) is 36.4 Å². The lowest BCUT2D eigenvalue weighted by atomic mass is 9.84. The van der Waals surface area contributed by atoms with Gasteiger partial charge in [-0.15, -0.1) is 0 Å². The summed E-state index contributed by atoms with van der Waals surface area (Å²) in [6.45, 7) is 4.88. The first kappa shape index (κ1) is 20.4. The molecule has 0 aliphatic carbocycles. The second-order valence-electron chi connectivity index (χ2n) is 5.08. The first-order chi connectivity index (χ1) is 12.0. The van der Waals surface area contributed by atoms with E-state index in [0.717, 1.165) is 5.56 Å². The predicted octanol–water partition coefficient (Wildman–Crippen LogP) is 2.77. The van der Waals surface area contributed by atoms with Crippen LogP contribution in [0.1, 0.15) is 32.8 Å². The molecule has 0 amide bonds. The molecule has 6 heteroatoms. The quantitative estimate of drug-likeness (QED) is 0.388. The van der Waals surface area contributed by atoms with Crippen molar-refractivity contribution in [3.63, 3.8) is 0 Å². The lowest BCUT2D eigenvalue weighted by Gasteiger charge is -2.25. The molecular weight excluding hydrogens is 324 g/mol. The molecule has 0 aliphatic heterocycles. The van der Waals surface area contributed by atoms with Crippen LogP contribution in [0.4, 0.5) is 0 Å². The van der Waals surface area contributed by atoms with Crippen LogP contribution >= 0.6 is 0 Å². The molecular formula is C19H24O6. The fourth-order valence-corrected chi connectivity index (χ4v) is 2.20. The van der Waals surface area contributed by atoms with Crippen molar-refractivity contribution >= 4 is 24.0 Å². The van der Waals surface area contributed by atoms with E-state index in [1.807, 2.05) is 30.3 Å². The number of carbonyl (C=O) groups is 3. The molecule has 0 unspecified atom stereocenters. The number of esters is 3. The highest BCUT2D eigenvalue weighted by Crippen LogP contribution is 2.30. The van der Waals surface area contributed by atoms with E-state index in [1.165, 1.54) is 0 Å². The Morgan fingerprint density at radius 2 is 1.28 bits per heavy atom. The van der Waals surface area contributed by atoms with Gasteiger partial charge in [-0.25, -0.2) is 0 Å². The van der Waals surface area contributed by atoms with E-state index >= 15 is 0 Å². The normalized spacial score (nSPS) is 11.2. The van der Waals surface area contributed by atoms with Crippen molar-refractivity contribution in [3.05, 3.63) is 42.0 Å². The summed E-state index contributed by atoms with van der Waals surface area (Å²) in [4.78, 5) is 37.4. The second kappa shape index (κ2) is 10.3. The van der Waals surface area contributed by atoms with Crippen LogP contribution in [-0.4, -0.2) is 37.7 Å². The maximum absolute atomic E-state index is 12.5. The van der Waals surface area contributed by atoms with Gasteiger partial charge in [-0.05, 0) is 26.3 Å². The van der Waals surface area contributed by atoms with E-state index in [2.05, 4.69) is 0 Å². The third-order valence-electron chi connectivity index (χ3n) is 3.41.